The van der Waals surface area contributed by atoms with Crippen LogP contribution < -0.4 is 10.1 Å². The molecule has 1 fully saturated rings. The first kappa shape index (κ1) is 17.9. The lowest BCUT2D eigenvalue weighted by Gasteiger charge is -2.17. The average Bonchev–Trinajstić information content (AvgIpc) is 2.76. The molecule has 0 aliphatic carbocycles. The van der Waals surface area contributed by atoms with Crippen LogP contribution in [0.25, 0.3) is 6.08 Å². The summed E-state index contributed by atoms with van der Waals surface area (Å²) in [5, 5.41) is 10.5. The van der Waals surface area contributed by atoms with Crippen LogP contribution in [-0.4, -0.2) is 46.4 Å². The smallest absolute Gasteiger partial charge is 0.404 e. The van der Waals surface area contributed by atoms with E-state index >= 15 is 0 Å². The molecule has 24 heavy (non-hydrogen) atoms. The van der Waals surface area contributed by atoms with Gasteiger partial charge in [-0.25, -0.2) is 4.79 Å². The lowest BCUT2D eigenvalue weighted by Crippen LogP contribution is -2.43. The molecule has 1 aliphatic heterocycles. The van der Waals surface area contributed by atoms with Crippen molar-refractivity contribution in [1.82, 2.24) is 10.2 Å². The highest BCUT2D eigenvalue weighted by Crippen LogP contribution is 2.32. The van der Waals surface area contributed by atoms with Crippen molar-refractivity contribution in [3.63, 3.8) is 0 Å². The van der Waals surface area contributed by atoms with Crippen molar-refractivity contribution in [2.24, 2.45) is 0 Å². The van der Waals surface area contributed by atoms with E-state index in [1.54, 1.807) is 37.3 Å². The van der Waals surface area contributed by atoms with Crippen molar-refractivity contribution >= 4 is 35.1 Å². The molecular formula is C16H18N2O5S. The van der Waals surface area contributed by atoms with Crippen molar-refractivity contribution in [3.05, 3.63) is 34.7 Å². The zero-order chi connectivity index (χ0) is 17.7. The number of hydrogen-bond donors (Lipinski definition) is 2. The van der Waals surface area contributed by atoms with Crippen molar-refractivity contribution in [1.29, 1.82) is 0 Å². The van der Waals surface area contributed by atoms with Gasteiger partial charge in [0.25, 0.3) is 11.1 Å². The third kappa shape index (κ3) is 4.51. The standard InChI is InChI=1S/C16H18N2O5S/c1-3-23-12-6-4-11(5-7-12)8-13-14(19)18(16(22)24-13)9-10(2)17-15(20)21/h4-8,10,17H,3,9H2,1-2H3,(H,20,21). The summed E-state index contributed by atoms with van der Waals surface area (Å²) in [6.45, 7) is 4.05. The molecule has 1 heterocycles. The molecule has 0 aromatic heterocycles. The van der Waals surface area contributed by atoms with E-state index < -0.39 is 23.3 Å². The number of rotatable bonds is 6. The monoisotopic (exact) mass is 350 g/mol. The molecule has 0 bridgehead atoms. The first-order valence-electron chi connectivity index (χ1n) is 7.38. The summed E-state index contributed by atoms with van der Waals surface area (Å²) < 4.78 is 5.35. The summed E-state index contributed by atoms with van der Waals surface area (Å²) in [6, 6.07) is 6.64. The summed E-state index contributed by atoms with van der Waals surface area (Å²) in [5.74, 6) is 0.314. The molecule has 1 aromatic carbocycles. The SMILES string of the molecule is CCOc1ccc(C=C2SC(=O)N(CC(C)NC(=O)O)C2=O)cc1. The number of ether oxygens (including phenoxy) is 1. The predicted octanol–water partition coefficient (Wildman–Crippen LogP) is 2.78. The van der Waals surface area contributed by atoms with Gasteiger partial charge in [0.1, 0.15) is 5.75 Å². The molecule has 2 N–H and O–H groups in total. The summed E-state index contributed by atoms with van der Waals surface area (Å²) in [5.41, 5.74) is 0.778. The Morgan fingerprint density at radius 1 is 1.38 bits per heavy atom. The fourth-order valence-corrected chi connectivity index (χ4v) is 3.01. The number of imide groups is 1. The van der Waals surface area contributed by atoms with Crippen LogP contribution in [0.1, 0.15) is 19.4 Å². The zero-order valence-corrected chi connectivity index (χ0v) is 14.1. The van der Waals surface area contributed by atoms with E-state index in [-0.39, 0.29) is 6.54 Å². The number of carboxylic acid groups (broad SMARTS) is 1. The van der Waals surface area contributed by atoms with Crippen LogP contribution in [0.3, 0.4) is 0 Å². The molecule has 1 aromatic rings. The van der Waals surface area contributed by atoms with E-state index in [1.165, 1.54) is 0 Å². The van der Waals surface area contributed by atoms with Crippen LogP contribution in [0.15, 0.2) is 29.2 Å². The number of carbonyl (C=O) groups is 3. The Kier molecular flexibility index (Phi) is 5.86. The number of carbonyl (C=O) groups excluding carboxylic acids is 2. The summed E-state index contributed by atoms with van der Waals surface area (Å²) in [7, 11) is 0. The second-order valence-electron chi connectivity index (χ2n) is 5.14. The topological polar surface area (TPSA) is 95.9 Å². The molecule has 0 saturated carbocycles. The Morgan fingerprint density at radius 3 is 2.62 bits per heavy atom. The minimum absolute atomic E-state index is 0.00240. The minimum atomic E-state index is -1.19. The maximum Gasteiger partial charge on any atom is 0.404 e. The highest BCUT2D eigenvalue weighted by molar-refractivity contribution is 8.18. The van der Waals surface area contributed by atoms with Crippen LogP contribution in [0.5, 0.6) is 5.75 Å². The Morgan fingerprint density at radius 2 is 2.04 bits per heavy atom. The van der Waals surface area contributed by atoms with Crippen LogP contribution in [0, 0.1) is 0 Å². The fourth-order valence-electron chi connectivity index (χ4n) is 2.17. The van der Waals surface area contributed by atoms with Crippen LogP contribution in [-0.2, 0) is 4.79 Å². The number of benzene rings is 1. The summed E-state index contributed by atoms with van der Waals surface area (Å²) in [4.78, 5) is 36.3. The largest absolute Gasteiger partial charge is 0.494 e. The van der Waals surface area contributed by atoms with Crippen molar-refractivity contribution < 1.29 is 24.2 Å². The second kappa shape index (κ2) is 7.87. The Balaban J connectivity index is 2.08. The summed E-state index contributed by atoms with van der Waals surface area (Å²) in [6.07, 6.45) is 0.440. The van der Waals surface area contributed by atoms with E-state index in [9.17, 15) is 14.4 Å². The third-order valence-corrected chi connectivity index (χ3v) is 4.10. The lowest BCUT2D eigenvalue weighted by molar-refractivity contribution is -0.122. The third-order valence-electron chi connectivity index (χ3n) is 3.19. The quantitative estimate of drug-likeness (QED) is 0.766. The summed E-state index contributed by atoms with van der Waals surface area (Å²) >= 11 is 0.844. The van der Waals surface area contributed by atoms with Crippen LogP contribution >= 0.6 is 11.8 Å². The van der Waals surface area contributed by atoms with Gasteiger partial charge in [-0.15, -0.1) is 0 Å². The molecule has 1 saturated heterocycles. The maximum atomic E-state index is 12.3. The molecule has 1 unspecified atom stereocenters. The van der Waals surface area contributed by atoms with Crippen molar-refractivity contribution in [2.45, 2.75) is 19.9 Å². The van der Waals surface area contributed by atoms with Gasteiger partial charge in [-0.1, -0.05) is 12.1 Å². The van der Waals surface area contributed by atoms with Gasteiger partial charge in [0.15, 0.2) is 0 Å². The highest BCUT2D eigenvalue weighted by Gasteiger charge is 2.35. The molecule has 8 heteroatoms. The normalized spacial score (nSPS) is 17.2. The van der Waals surface area contributed by atoms with Gasteiger partial charge in [-0.3, -0.25) is 14.5 Å². The fraction of sp³-hybridized carbons (Fsp3) is 0.312. The Hall–Kier alpha value is -2.48. The Bertz CT molecular complexity index is 672. The van der Waals surface area contributed by atoms with Gasteiger partial charge in [0.05, 0.1) is 11.5 Å². The molecule has 0 radical (unpaired) electrons. The van der Waals surface area contributed by atoms with Gasteiger partial charge in [-0.2, -0.15) is 0 Å². The number of nitrogens with one attached hydrogen (secondary N) is 1. The zero-order valence-electron chi connectivity index (χ0n) is 13.3. The highest BCUT2D eigenvalue weighted by atomic mass is 32.2. The van der Waals surface area contributed by atoms with Gasteiger partial charge in [0.2, 0.25) is 0 Å². The predicted molar refractivity (Wildman–Crippen MR) is 90.9 cm³/mol. The van der Waals surface area contributed by atoms with E-state index in [2.05, 4.69) is 5.32 Å². The molecule has 0 spiro atoms. The molecule has 128 valence electrons. The van der Waals surface area contributed by atoms with Gasteiger partial charge in [-0.05, 0) is 49.4 Å². The second-order valence-corrected chi connectivity index (χ2v) is 6.14. The van der Waals surface area contributed by atoms with Crippen LogP contribution in [0.2, 0.25) is 0 Å². The first-order valence-corrected chi connectivity index (χ1v) is 8.20. The number of hydrogen-bond acceptors (Lipinski definition) is 5. The van der Waals surface area contributed by atoms with E-state index in [0.29, 0.717) is 11.5 Å². The maximum absolute atomic E-state index is 12.3. The Labute approximate surface area is 143 Å². The molecule has 1 aliphatic rings. The number of thioether (sulfide) groups is 1. The lowest BCUT2D eigenvalue weighted by atomic mass is 10.2. The van der Waals surface area contributed by atoms with Crippen LogP contribution in [0.4, 0.5) is 9.59 Å². The average molecular weight is 350 g/mol. The number of amides is 3. The molecular weight excluding hydrogens is 332 g/mol. The molecule has 2 rings (SSSR count). The van der Waals surface area contributed by atoms with Gasteiger partial charge >= 0.3 is 6.09 Å². The number of nitrogens with zero attached hydrogens (tertiary/aromatic N) is 1. The van der Waals surface area contributed by atoms with E-state index in [4.69, 9.17) is 9.84 Å². The van der Waals surface area contributed by atoms with E-state index in [1.807, 2.05) is 6.92 Å². The van der Waals surface area contributed by atoms with Gasteiger partial charge < -0.3 is 15.2 Å². The van der Waals surface area contributed by atoms with Crippen molar-refractivity contribution in [3.8, 4) is 5.75 Å². The van der Waals surface area contributed by atoms with E-state index in [0.717, 1.165) is 28.0 Å². The molecule has 1 atom stereocenters. The van der Waals surface area contributed by atoms with Gasteiger partial charge in [0, 0.05) is 12.6 Å². The minimum Gasteiger partial charge on any atom is -0.494 e. The van der Waals surface area contributed by atoms with Crippen molar-refractivity contribution in [2.75, 3.05) is 13.2 Å². The first-order chi connectivity index (χ1) is 11.4. The molecule has 3 amide bonds. The molecule has 7 nitrogen and oxygen atoms in total.